The molecule has 1 N–H and O–H groups in total. The van der Waals surface area contributed by atoms with Gasteiger partial charge in [-0.05, 0) is 60.5 Å². The number of nitrogens with zero attached hydrogens (tertiary/aromatic N) is 1. The number of nitrogens with one attached hydrogen (secondary N) is 1. The molecule has 1 amide bonds. The van der Waals surface area contributed by atoms with Crippen molar-refractivity contribution in [3.8, 4) is 17.2 Å². The topological polar surface area (TPSA) is 69.7 Å². The maximum Gasteiger partial charge on any atom is 0.255 e. The van der Waals surface area contributed by atoms with Gasteiger partial charge in [0.15, 0.2) is 11.5 Å². The molecule has 30 heavy (non-hydrogen) atoms. The Hall–Kier alpha value is -3.25. The summed E-state index contributed by atoms with van der Waals surface area (Å²) in [6, 6.07) is 14.0. The lowest BCUT2D eigenvalue weighted by Gasteiger charge is -2.18. The lowest BCUT2D eigenvalue weighted by Crippen LogP contribution is -2.27. The van der Waals surface area contributed by atoms with Gasteiger partial charge in [0.2, 0.25) is 0 Å². The van der Waals surface area contributed by atoms with E-state index in [9.17, 15) is 4.79 Å². The first-order chi connectivity index (χ1) is 14.5. The Bertz CT molecular complexity index is 1010. The standard InChI is InChI=1S/C23H23ClN2O4/c1-15(26-23(27)19-6-5-18(24)13-21(19)28-2)17-4-7-20(22(12-17)29-3)30-14-16-8-10-25-11-9-16/h4-13,15H,14H2,1-3H3,(H,26,27). The fourth-order valence-corrected chi connectivity index (χ4v) is 3.09. The summed E-state index contributed by atoms with van der Waals surface area (Å²) in [6.07, 6.45) is 3.44. The van der Waals surface area contributed by atoms with Crippen LogP contribution < -0.4 is 19.5 Å². The fourth-order valence-electron chi connectivity index (χ4n) is 2.92. The highest BCUT2D eigenvalue weighted by Gasteiger charge is 2.17. The van der Waals surface area contributed by atoms with Gasteiger partial charge in [-0.1, -0.05) is 17.7 Å². The number of benzene rings is 2. The fraction of sp³-hybridized carbons (Fsp3) is 0.217. The van der Waals surface area contributed by atoms with Crippen molar-refractivity contribution in [3.05, 3.63) is 82.6 Å². The number of ether oxygens (including phenoxy) is 3. The van der Waals surface area contributed by atoms with E-state index >= 15 is 0 Å². The lowest BCUT2D eigenvalue weighted by atomic mass is 10.1. The van der Waals surface area contributed by atoms with E-state index in [2.05, 4.69) is 10.3 Å². The summed E-state index contributed by atoms with van der Waals surface area (Å²) in [6.45, 7) is 2.30. The number of rotatable bonds is 8. The van der Waals surface area contributed by atoms with Gasteiger partial charge in [0.25, 0.3) is 5.91 Å². The second kappa shape index (κ2) is 9.98. The zero-order valence-corrected chi connectivity index (χ0v) is 17.8. The van der Waals surface area contributed by atoms with Gasteiger partial charge in [-0.15, -0.1) is 0 Å². The van der Waals surface area contributed by atoms with E-state index in [0.717, 1.165) is 11.1 Å². The summed E-state index contributed by atoms with van der Waals surface area (Å²) in [7, 11) is 3.08. The van der Waals surface area contributed by atoms with Crippen molar-refractivity contribution in [3.63, 3.8) is 0 Å². The summed E-state index contributed by atoms with van der Waals surface area (Å²) in [4.78, 5) is 16.7. The first-order valence-electron chi connectivity index (χ1n) is 9.36. The SMILES string of the molecule is COc1cc(C(C)NC(=O)c2ccc(Cl)cc2OC)ccc1OCc1ccncc1. The average molecular weight is 427 g/mol. The van der Waals surface area contributed by atoms with Gasteiger partial charge >= 0.3 is 0 Å². The summed E-state index contributed by atoms with van der Waals surface area (Å²) in [5, 5.41) is 3.47. The quantitative estimate of drug-likeness (QED) is 0.559. The molecule has 7 heteroatoms. The minimum Gasteiger partial charge on any atom is -0.496 e. The third-order valence-electron chi connectivity index (χ3n) is 4.59. The number of carbonyl (C=O) groups is 1. The molecule has 0 spiro atoms. The van der Waals surface area contributed by atoms with Crippen LogP contribution >= 0.6 is 11.6 Å². The van der Waals surface area contributed by atoms with E-state index < -0.39 is 0 Å². The highest BCUT2D eigenvalue weighted by molar-refractivity contribution is 6.30. The van der Waals surface area contributed by atoms with E-state index in [1.54, 1.807) is 37.7 Å². The molecule has 2 aromatic carbocycles. The zero-order chi connectivity index (χ0) is 21.5. The normalized spacial score (nSPS) is 11.5. The third-order valence-corrected chi connectivity index (χ3v) is 4.82. The van der Waals surface area contributed by atoms with Gasteiger partial charge in [0.1, 0.15) is 12.4 Å². The monoisotopic (exact) mass is 426 g/mol. The molecule has 0 aliphatic heterocycles. The van der Waals surface area contributed by atoms with Crippen LogP contribution in [0.2, 0.25) is 5.02 Å². The van der Waals surface area contributed by atoms with Gasteiger partial charge in [-0.25, -0.2) is 0 Å². The van der Waals surface area contributed by atoms with Crippen molar-refractivity contribution in [2.75, 3.05) is 14.2 Å². The maximum absolute atomic E-state index is 12.7. The van der Waals surface area contributed by atoms with Crippen LogP contribution in [-0.2, 0) is 6.61 Å². The Balaban J connectivity index is 1.71. The minimum atomic E-state index is -0.263. The predicted molar refractivity (Wildman–Crippen MR) is 115 cm³/mol. The molecule has 6 nitrogen and oxygen atoms in total. The first kappa shape index (κ1) is 21.5. The number of amides is 1. The van der Waals surface area contributed by atoms with Gasteiger partial charge in [-0.2, -0.15) is 0 Å². The van der Waals surface area contributed by atoms with Crippen molar-refractivity contribution in [2.45, 2.75) is 19.6 Å². The minimum absolute atomic E-state index is 0.256. The molecule has 0 aliphatic rings. The van der Waals surface area contributed by atoms with Crippen LogP contribution in [0.25, 0.3) is 0 Å². The van der Waals surface area contributed by atoms with E-state index in [1.807, 2.05) is 37.3 Å². The highest BCUT2D eigenvalue weighted by Crippen LogP contribution is 2.31. The number of hydrogen-bond donors (Lipinski definition) is 1. The number of halogens is 1. The molecule has 1 aromatic heterocycles. The Labute approximate surface area is 180 Å². The summed E-state index contributed by atoms with van der Waals surface area (Å²) in [5.74, 6) is 1.38. The zero-order valence-electron chi connectivity index (χ0n) is 17.0. The molecule has 1 heterocycles. The van der Waals surface area contributed by atoms with Crippen LogP contribution in [0.3, 0.4) is 0 Å². The summed E-state index contributed by atoms with van der Waals surface area (Å²) in [5.41, 5.74) is 2.30. The number of carbonyl (C=O) groups excluding carboxylic acids is 1. The molecule has 0 radical (unpaired) electrons. The first-order valence-corrected chi connectivity index (χ1v) is 9.73. The third kappa shape index (κ3) is 5.21. The molecule has 0 saturated heterocycles. The Morgan fingerprint density at radius 3 is 2.43 bits per heavy atom. The largest absolute Gasteiger partial charge is 0.496 e. The molecule has 3 rings (SSSR count). The van der Waals surface area contributed by atoms with Crippen molar-refractivity contribution < 1.29 is 19.0 Å². The summed E-state index contributed by atoms with van der Waals surface area (Å²) < 4.78 is 16.6. The molecule has 0 bridgehead atoms. The van der Waals surface area contributed by atoms with Crippen molar-refractivity contribution in [1.82, 2.24) is 10.3 Å². The predicted octanol–water partition coefficient (Wildman–Crippen LogP) is 4.82. The molecule has 156 valence electrons. The van der Waals surface area contributed by atoms with E-state index in [1.165, 1.54) is 7.11 Å². The van der Waals surface area contributed by atoms with E-state index in [4.69, 9.17) is 25.8 Å². The summed E-state index contributed by atoms with van der Waals surface area (Å²) >= 11 is 5.97. The van der Waals surface area contributed by atoms with Crippen LogP contribution in [0.1, 0.15) is 34.5 Å². The van der Waals surface area contributed by atoms with Crippen molar-refractivity contribution in [2.24, 2.45) is 0 Å². The molecule has 1 unspecified atom stereocenters. The Morgan fingerprint density at radius 2 is 1.73 bits per heavy atom. The maximum atomic E-state index is 12.7. The second-order valence-corrected chi connectivity index (χ2v) is 7.03. The van der Waals surface area contributed by atoms with E-state index in [-0.39, 0.29) is 11.9 Å². The number of aromatic nitrogens is 1. The van der Waals surface area contributed by atoms with Crippen LogP contribution in [0, 0.1) is 0 Å². The van der Waals surface area contributed by atoms with Gasteiger partial charge < -0.3 is 19.5 Å². The van der Waals surface area contributed by atoms with Crippen LogP contribution in [0.4, 0.5) is 0 Å². The molecule has 3 aromatic rings. The van der Waals surface area contributed by atoms with Crippen molar-refractivity contribution >= 4 is 17.5 Å². The molecule has 0 fully saturated rings. The second-order valence-electron chi connectivity index (χ2n) is 6.59. The number of pyridine rings is 1. The molecule has 1 atom stereocenters. The Kier molecular flexibility index (Phi) is 7.14. The molecular formula is C23H23ClN2O4. The van der Waals surface area contributed by atoms with Gasteiger partial charge in [0, 0.05) is 17.4 Å². The van der Waals surface area contributed by atoms with Crippen molar-refractivity contribution in [1.29, 1.82) is 0 Å². The molecule has 0 saturated carbocycles. The lowest BCUT2D eigenvalue weighted by molar-refractivity contribution is 0.0937. The van der Waals surface area contributed by atoms with Crippen LogP contribution in [0.15, 0.2) is 60.9 Å². The van der Waals surface area contributed by atoms with Crippen LogP contribution in [-0.4, -0.2) is 25.1 Å². The number of hydrogen-bond acceptors (Lipinski definition) is 5. The average Bonchev–Trinajstić information content (AvgIpc) is 2.77. The Morgan fingerprint density at radius 1 is 1.00 bits per heavy atom. The molecular weight excluding hydrogens is 404 g/mol. The van der Waals surface area contributed by atoms with E-state index in [0.29, 0.717) is 34.4 Å². The molecule has 0 aliphatic carbocycles. The highest BCUT2D eigenvalue weighted by atomic mass is 35.5. The van der Waals surface area contributed by atoms with Crippen LogP contribution in [0.5, 0.6) is 17.2 Å². The van der Waals surface area contributed by atoms with Gasteiger partial charge in [0.05, 0.1) is 25.8 Å². The smallest absolute Gasteiger partial charge is 0.255 e. The number of methoxy groups -OCH3 is 2. The van der Waals surface area contributed by atoms with Gasteiger partial charge in [-0.3, -0.25) is 9.78 Å².